The molecule has 3 heteroatoms. The molecule has 0 unspecified atom stereocenters. The summed E-state index contributed by atoms with van der Waals surface area (Å²) in [6, 6.07) is 97.0. The molecule has 2 heterocycles. The highest BCUT2D eigenvalue weighted by atomic mass is 15.2. The lowest BCUT2D eigenvalue weighted by Crippen LogP contribution is -2.16. The van der Waals surface area contributed by atoms with Gasteiger partial charge in [0.15, 0.2) is 0 Å². The van der Waals surface area contributed by atoms with Gasteiger partial charge in [0.25, 0.3) is 0 Å². The Balaban J connectivity index is 0.945. The number of hydrogen-bond donors (Lipinski definition) is 0. The van der Waals surface area contributed by atoms with Crippen LogP contribution in [0.2, 0.25) is 0 Å². The Morgan fingerprint density at radius 1 is 0.301 bits per heavy atom. The quantitative estimate of drug-likeness (QED) is 0.170. The Kier molecular flexibility index (Phi) is 9.40. The second-order valence-electron chi connectivity index (χ2n) is 19.6. The zero-order valence-corrected chi connectivity index (χ0v) is 40.1. The summed E-state index contributed by atoms with van der Waals surface area (Å²) in [5.74, 6) is 0. The molecule has 0 saturated carbocycles. The van der Waals surface area contributed by atoms with E-state index in [9.17, 15) is 0 Å². The van der Waals surface area contributed by atoms with Crippen molar-refractivity contribution < 1.29 is 0 Å². The van der Waals surface area contributed by atoms with E-state index in [1.807, 2.05) is 0 Å². The van der Waals surface area contributed by atoms with E-state index < -0.39 is 0 Å². The van der Waals surface area contributed by atoms with Crippen molar-refractivity contribution in [2.45, 2.75) is 12.8 Å². The van der Waals surface area contributed by atoms with Crippen molar-refractivity contribution in [2.75, 3.05) is 9.80 Å². The van der Waals surface area contributed by atoms with Crippen LogP contribution in [0.3, 0.4) is 0 Å². The highest BCUT2D eigenvalue weighted by Crippen LogP contribution is 2.54. The molecule has 2 aliphatic rings. The van der Waals surface area contributed by atoms with Crippen LogP contribution in [0.15, 0.2) is 261 Å². The van der Waals surface area contributed by atoms with E-state index >= 15 is 0 Å². The second kappa shape index (κ2) is 16.6. The van der Waals surface area contributed by atoms with Crippen molar-refractivity contribution in [3.05, 3.63) is 283 Å². The molecule has 73 heavy (non-hydrogen) atoms. The van der Waals surface area contributed by atoms with E-state index in [1.54, 1.807) is 0 Å². The van der Waals surface area contributed by atoms with Crippen LogP contribution >= 0.6 is 0 Å². The van der Waals surface area contributed by atoms with Gasteiger partial charge in [-0.25, -0.2) is 0 Å². The predicted molar refractivity (Wildman–Crippen MR) is 307 cm³/mol. The minimum atomic E-state index is 0.769. The first-order valence-electron chi connectivity index (χ1n) is 25.4. The van der Waals surface area contributed by atoms with Gasteiger partial charge in [-0.3, -0.25) is 0 Å². The first kappa shape index (κ1) is 41.4. The number of fused-ring (bicyclic) bond motifs is 13. The Morgan fingerprint density at radius 3 is 1.66 bits per heavy atom. The van der Waals surface area contributed by atoms with Gasteiger partial charge in [-0.2, -0.15) is 0 Å². The molecule has 13 aromatic rings. The maximum Gasteiger partial charge on any atom is 0.0618 e. The van der Waals surface area contributed by atoms with Crippen LogP contribution < -0.4 is 9.80 Å². The Labute approximate surface area is 424 Å². The van der Waals surface area contributed by atoms with Crippen LogP contribution in [0, 0.1) is 0 Å². The van der Waals surface area contributed by atoms with E-state index in [-0.39, 0.29) is 0 Å². The van der Waals surface area contributed by atoms with Crippen molar-refractivity contribution in [1.82, 2.24) is 4.57 Å². The van der Waals surface area contributed by atoms with E-state index in [4.69, 9.17) is 0 Å². The van der Waals surface area contributed by atoms with Crippen LogP contribution in [-0.4, -0.2) is 4.57 Å². The topological polar surface area (TPSA) is 11.4 Å². The molecule has 0 bridgehead atoms. The number of hydrogen-bond acceptors (Lipinski definition) is 2. The van der Waals surface area contributed by atoms with E-state index in [2.05, 4.69) is 275 Å². The average Bonchev–Trinajstić information content (AvgIpc) is 3.78. The number of benzene rings is 12. The highest BCUT2D eigenvalue weighted by Gasteiger charge is 2.29. The normalized spacial score (nSPS) is 12.5. The van der Waals surface area contributed by atoms with Crippen molar-refractivity contribution >= 4 is 77.5 Å². The van der Waals surface area contributed by atoms with E-state index in [0.29, 0.717) is 0 Å². The van der Waals surface area contributed by atoms with Crippen LogP contribution in [0.4, 0.5) is 34.1 Å². The minimum absolute atomic E-state index is 0.769. The number of para-hydroxylation sites is 3. The molecule has 3 nitrogen and oxygen atoms in total. The van der Waals surface area contributed by atoms with Gasteiger partial charge in [0, 0.05) is 55.5 Å². The molecular formula is C70H47N3. The van der Waals surface area contributed by atoms with Gasteiger partial charge in [0.05, 0.1) is 22.4 Å². The molecule has 0 N–H and O–H groups in total. The molecule has 15 rings (SSSR count). The van der Waals surface area contributed by atoms with Crippen molar-refractivity contribution in [2.24, 2.45) is 0 Å². The van der Waals surface area contributed by atoms with Crippen molar-refractivity contribution in [3.63, 3.8) is 0 Å². The first-order valence-corrected chi connectivity index (χ1v) is 25.4. The van der Waals surface area contributed by atoms with E-state index in [1.165, 1.54) is 110 Å². The largest absolute Gasteiger partial charge is 0.310 e. The fraction of sp³-hybridized carbons (Fsp3) is 0.0286. The summed E-state index contributed by atoms with van der Waals surface area (Å²) in [5.41, 5.74) is 23.3. The minimum Gasteiger partial charge on any atom is -0.310 e. The number of aromatic nitrogens is 1. The monoisotopic (exact) mass is 929 g/mol. The molecule has 1 aromatic heterocycles. The summed E-state index contributed by atoms with van der Waals surface area (Å²) >= 11 is 0. The molecule has 0 amide bonds. The van der Waals surface area contributed by atoms with Gasteiger partial charge in [-0.05, 0) is 153 Å². The summed E-state index contributed by atoms with van der Waals surface area (Å²) in [6.07, 6.45) is 1.55. The number of rotatable bonds is 5. The fourth-order valence-corrected chi connectivity index (χ4v) is 12.4. The Hall–Kier alpha value is -9.44. The van der Waals surface area contributed by atoms with Gasteiger partial charge in [-0.1, -0.05) is 182 Å². The summed E-state index contributed by atoms with van der Waals surface area (Å²) in [6.45, 7) is 0. The van der Waals surface area contributed by atoms with Gasteiger partial charge in [-0.15, -0.1) is 0 Å². The van der Waals surface area contributed by atoms with Gasteiger partial charge in [0.2, 0.25) is 0 Å². The number of anilines is 6. The Morgan fingerprint density at radius 2 is 0.863 bits per heavy atom. The zero-order chi connectivity index (χ0) is 48.0. The third-order valence-electron chi connectivity index (χ3n) is 15.6. The molecule has 0 radical (unpaired) electrons. The third kappa shape index (κ3) is 6.59. The van der Waals surface area contributed by atoms with Crippen LogP contribution in [0.5, 0.6) is 0 Å². The molecule has 0 fully saturated rings. The summed E-state index contributed by atoms with van der Waals surface area (Å²) in [7, 11) is 0. The average molecular weight is 930 g/mol. The SMILES string of the molecule is c1ccc(N(c2ccc3c(c2)Cc2ccccc2-c2ccccc2Cc2cc(N4c5c(ccc6ccccc56)-c5cccc6cccc4c56)ccc2-3)c2ccc3c(c2)c2ccccc2n3-c2ccccc2)cc1. The number of nitrogens with zero attached hydrogens (tertiary/aromatic N) is 3. The lowest BCUT2D eigenvalue weighted by Gasteiger charge is -2.35. The Bertz CT molecular complexity index is 4330. The molecule has 1 aliphatic carbocycles. The van der Waals surface area contributed by atoms with Gasteiger partial charge >= 0.3 is 0 Å². The van der Waals surface area contributed by atoms with Gasteiger partial charge < -0.3 is 14.4 Å². The van der Waals surface area contributed by atoms with Crippen LogP contribution in [0.25, 0.3) is 82.4 Å². The summed E-state index contributed by atoms with van der Waals surface area (Å²) in [4.78, 5) is 4.98. The molecule has 1 aliphatic heterocycles. The molecule has 0 saturated heterocycles. The molecule has 0 atom stereocenters. The maximum atomic E-state index is 2.54. The second-order valence-corrected chi connectivity index (χ2v) is 19.6. The summed E-state index contributed by atoms with van der Waals surface area (Å²) < 4.78 is 2.39. The maximum absolute atomic E-state index is 2.54. The van der Waals surface area contributed by atoms with Crippen molar-refractivity contribution in [1.29, 1.82) is 0 Å². The lowest BCUT2D eigenvalue weighted by molar-refractivity contribution is 1.14. The zero-order valence-electron chi connectivity index (χ0n) is 40.1. The predicted octanol–water partition coefficient (Wildman–Crippen LogP) is 18.8. The fourth-order valence-electron chi connectivity index (χ4n) is 12.4. The summed E-state index contributed by atoms with van der Waals surface area (Å²) in [5, 5.41) is 7.47. The molecule has 0 spiro atoms. The standard InChI is InChI=1S/C70H47N3/c1-3-22-52(23-4-1)71(56-36-40-67-65(45-56)62-29-13-14-31-66(62)72(67)53-24-5-2-6-25-53)54-34-38-59-50(43-54)41-48-18-8-10-26-57(48)58-27-11-9-19-49(58)42-51-44-55(35-39-60(51)59)73-68-32-16-21-47-20-15-30-63(69(47)68)64-37-33-46-17-7-12-28-61(46)70(64)73/h1-40,43-45H,41-42H2. The van der Waals surface area contributed by atoms with Gasteiger partial charge in [0.1, 0.15) is 0 Å². The molecule has 12 aromatic carbocycles. The lowest BCUT2D eigenvalue weighted by atomic mass is 9.83. The van der Waals surface area contributed by atoms with E-state index in [0.717, 1.165) is 41.3 Å². The third-order valence-corrected chi connectivity index (χ3v) is 15.6. The molecular weight excluding hydrogens is 883 g/mol. The smallest absolute Gasteiger partial charge is 0.0618 e. The molecule has 342 valence electrons. The first-order chi connectivity index (χ1) is 36.2. The van der Waals surface area contributed by atoms with Crippen LogP contribution in [0.1, 0.15) is 22.3 Å². The van der Waals surface area contributed by atoms with Crippen LogP contribution in [-0.2, 0) is 12.8 Å². The highest BCUT2D eigenvalue weighted by molar-refractivity contribution is 6.19. The van der Waals surface area contributed by atoms with Crippen molar-refractivity contribution in [3.8, 4) is 39.1 Å².